The lowest BCUT2D eigenvalue weighted by molar-refractivity contribution is -0.137. The van der Waals surface area contributed by atoms with Crippen LogP contribution in [0.2, 0.25) is 0 Å². The molecule has 6 nitrogen and oxygen atoms in total. The fourth-order valence-electron chi connectivity index (χ4n) is 3.95. The summed E-state index contributed by atoms with van der Waals surface area (Å²) in [4.78, 5) is 9.04. The summed E-state index contributed by atoms with van der Waals surface area (Å²) in [6, 6.07) is 8.42. The third-order valence-corrected chi connectivity index (χ3v) is 6.11. The number of hydrogen-bond donors (Lipinski definition) is 1. The molecule has 0 amide bonds. The summed E-state index contributed by atoms with van der Waals surface area (Å²) in [7, 11) is 1.56. The van der Waals surface area contributed by atoms with E-state index in [1.807, 2.05) is 6.92 Å². The molecule has 0 bridgehead atoms. The number of alkyl halides is 3. The van der Waals surface area contributed by atoms with Crippen LogP contribution in [0.5, 0.6) is 11.5 Å². The number of rotatable bonds is 9. The van der Waals surface area contributed by atoms with Crippen molar-refractivity contribution in [1.82, 2.24) is 9.97 Å². The van der Waals surface area contributed by atoms with Crippen molar-refractivity contribution in [2.75, 3.05) is 19.0 Å². The number of anilines is 1. The second-order valence-electron chi connectivity index (χ2n) is 8.94. The molecule has 1 unspecified atom stereocenters. The van der Waals surface area contributed by atoms with E-state index in [1.54, 1.807) is 39.2 Å². The number of fused-ring (bicyclic) bond motifs is 1. The van der Waals surface area contributed by atoms with Crippen molar-refractivity contribution in [3.05, 3.63) is 53.3 Å². The van der Waals surface area contributed by atoms with E-state index < -0.39 is 17.8 Å². The minimum atomic E-state index is -4.41. The Balaban J connectivity index is 1.61. The Morgan fingerprint density at radius 2 is 1.86 bits per heavy atom. The molecule has 1 heterocycles. The van der Waals surface area contributed by atoms with Crippen LogP contribution in [0.1, 0.15) is 56.1 Å². The van der Waals surface area contributed by atoms with E-state index >= 15 is 0 Å². The lowest BCUT2D eigenvalue weighted by Crippen LogP contribution is -2.28. The summed E-state index contributed by atoms with van der Waals surface area (Å²) in [5, 5.41) is 3.93. The zero-order chi connectivity index (χ0) is 25.2. The van der Waals surface area contributed by atoms with E-state index in [0.29, 0.717) is 52.3 Å². The van der Waals surface area contributed by atoms with Gasteiger partial charge in [0, 0.05) is 17.5 Å². The first-order chi connectivity index (χ1) is 16.6. The van der Waals surface area contributed by atoms with E-state index in [-0.39, 0.29) is 6.10 Å². The first-order valence-electron chi connectivity index (χ1n) is 11.7. The number of benzene rings is 2. The van der Waals surface area contributed by atoms with Gasteiger partial charge in [-0.1, -0.05) is 12.1 Å². The Morgan fingerprint density at radius 1 is 1.09 bits per heavy atom. The maximum absolute atomic E-state index is 13.2. The van der Waals surface area contributed by atoms with Gasteiger partial charge in [0.05, 0.1) is 30.9 Å². The topological polar surface area (TPSA) is 65.5 Å². The molecule has 35 heavy (non-hydrogen) atoms. The van der Waals surface area contributed by atoms with Gasteiger partial charge >= 0.3 is 6.18 Å². The zero-order valence-corrected chi connectivity index (χ0v) is 20.3. The number of aryl methyl sites for hydroxylation is 1. The van der Waals surface area contributed by atoms with Gasteiger partial charge in [-0.25, -0.2) is 9.97 Å². The summed E-state index contributed by atoms with van der Waals surface area (Å²) in [6.07, 6.45) is -0.927. The molecule has 0 aliphatic heterocycles. The highest BCUT2D eigenvalue weighted by Gasteiger charge is 2.30. The van der Waals surface area contributed by atoms with Crippen LogP contribution in [0.3, 0.4) is 0 Å². The van der Waals surface area contributed by atoms with Crippen molar-refractivity contribution >= 4 is 16.7 Å². The van der Waals surface area contributed by atoms with Crippen LogP contribution < -0.4 is 14.8 Å². The first kappa shape index (κ1) is 25.0. The molecular formula is C26H30F3N3O3. The van der Waals surface area contributed by atoms with Crippen LogP contribution >= 0.6 is 0 Å². The van der Waals surface area contributed by atoms with Gasteiger partial charge in [-0.15, -0.1) is 0 Å². The molecule has 2 aromatic carbocycles. The van der Waals surface area contributed by atoms with Crippen molar-refractivity contribution in [3.63, 3.8) is 0 Å². The van der Waals surface area contributed by atoms with Gasteiger partial charge in [0.2, 0.25) is 0 Å². The molecule has 0 radical (unpaired) electrons. The summed E-state index contributed by atoms with van der Waals surface area (Å²) in [5.74, 6) is 2.08. The van der Waals surface area contributed by atoms with Crippen molar-refractivity contribution in [3.8, 4) is 11.5 Å². The minimum Gasteiger partial charge on any atom is -0.493 e. The summed E-state index contributed by atoms with van der Waals surface area (Å²) < 4.78 is 57.1. The molecule has 188 valence electrons. The maximum Gasteiger partial charge on any atom is 0.416 e. The van der Waals surface area contributed by atoms with Gasteiger partial charge < -0.3 is 19.5 Å². The number of aromatic nitrogens is 2. The Hall–Kier alpha value is -3.07. The molecule has 1 aliphatic rings. The molecule has 0 spiro atoms. The Kier molecular flexibility index (Phi) is 7.35. The largest absolute Gasteiger partial charge is 0.493 e. The second kappa shape index (κ2) is 10.3. The number of nitrogens with one attached hydrogen (secondary N) is 1. The molecule has 2 atom stereocenters. The number of methoxy groups -OCH3 is 1. The minimum absolute atomic E-state index is 0.200. The second-order valence-corrected chi connectivity index (χ2v) is 8.94. The Morgan fingerprint density at radius 3 is 2.51 bits per heavy atom. The first-order valence-corrected chi connectivity index (χ1v) is 11.7. The van der Waals surface area contributed by atoms with Crippen molar-refractivity contribution in [1.29, 1.82) is 0 Å². The number of ether oxygens (including phenoxy) is 3. The molecule has 1 fully saturated rings. The lowest BCUT2D eigenvalue weighted by Gasteiger charge is -2.27. The predicted molar refractivity (Wildman–Crippen MR) is 128 cm³/mol. The standard InChI is InChI=1S/C26H30F3N3O3/c1-15(14-34-20-9-6-10-20)35-24-12-21-22(13-23(24)33-4)31-17(3)32-25(21)30-16(2)18-7-5-8-19(11-18)26(27,28)29/h5,7-8,11-13,15-16,20H,6,9-10,14H2,1-4H3,(H,30,31,32)/t15?,16-/m1/s1. The number of nitrogens with zero attached hydrogens (tertiary/aromatic N) is 2. The van der Waals surface area contributed by atoms with E-state index in [0.717, 1.165) is 25.0 Å². The van der Waals surface area contributed by atoms with Crippen LogP contribution in [0.15, 0.2) is 36.4 Å². The van der Waals surface area contributed by atoms with Crippen molar-refractivity contribution in [2.24, 2.45) is 0 Å². The lowest BCUT2D eigenvalue weighted by atomic mass is 9.96. The molecule has 1 aliphatic carbocycles. The highest BCUT2D eigenvalue weighted by Crippen LogP contribution is 2.37. The maximum atomic E-state index is 13.2. The molecule has 4 rings (SSSR count). The number of halogens is 3. The highest BCUT2D eigenvalue weighted by atomic mass is 19.4. The van der Waals surface area contributed by atoms with Crippen molar-refractivity contribution < 1.29 is 27.4 Å². The quantitative estimate of drug-likeness (QED) is 0.371. The summed E-state index contributed by atoms with van der Waals surface area (Å²) >= 11 is 0. The third kappa shape index (κ3) is 5.96. The van der Waals surface area contributed by atoms with E-state index in [9.17, 15) is 13.2 Å². The van der Waals surface area contributed by atoms with E-state index in [2.05, 4.69) is 15.3 Å². The average molecular weight is 490 g/mol. The SMILES string of the molecule is COc1cc2nc(C)nc(N[C@H](C)c3cccc(C(F)(F)F)c3)c2cc1OC(C)COC1CCC1. The van der Waals surface area contributed by atoms with Gasteiger partial charge in [0.25, 0.3) is 0 Å². The third-order valence-electron chi connectivity index (χ3n) is 6.11. The highest BCUT2D eigenvalue weighted by molar-refractivity contribution is 5.92. The molecule has 0 saturated heterocycles. The molecule has 9 heteroatoms. The fourth-order valence-corrected chi connectivity index (χ4v) is 3.95. The normalized spacial score (nSPS) is 16.0. The monoisotopic (exact) mass is 489 g/mol. The van der Waals surface area contributed by atoms with E-state index in [1.165, 1.54) is 12.5 Å². The van der Waals surface area contributed by atoms with Crippen LogP contribution in [0.4, 0.5) is 19.0 Å². The van der Waals surface area contributed by atoms with Gasteiger partial charge in [0.15, 0.2) is 11.5 Å². The smallest absolute Gasteiger partial charge is 0.416 e. The molecular weight excluding hydrogens is 459 g/mol. The van der Waals surface area contributed by atoms with Crippen LogP contribution in [-0.2, 0) is 10.9 Å². The Labute approximate surface area is 202 Å². The zero-order valence-electron chi connectivity index (χ0n) is 20.3. The average Bonchev–Trinajstić information content (AvgIpc) is 2.77. The van der Waals surface area contributed by atoms with Gasteiger partial charge in [-0.2, -0.15) is 13.2 Å². The Bertz CT molecular complexity index is 1180. The summed E-state index contributed by atoms with van der Waals surface area (Å²) in [5.41, 5.74) is 0.445. The van der Waals surface area contributed by atoms with Crippen molar-refractivity contribution in [2.45, 2.75) is 64.5 Å². The molecule has 1 saturated carbocycles. The molecule has 1 N–H and O–H groups in total. The summed E-state index contributed by atoms with van der Waals surface area (Å²) in [6.45, 7) is 5.95. The van der Waals surface area contributed by atoms with E-state index in [4.69, 9.17) is 14.2 Å². The fraction of sp³-hybridized carbons (Fsp3) is 0.462. The van der Waals surface area contributed by atoms with Crippen LogP contribution in [-0.4, -0.2) is 35.9 Å². The number of hydrogen-bond acceptors (Lipinski definition) is 6. The van der Waals surface area contributed by atoms with Gasteiger partial charge in [-0.3, -0.25) is 0 Å². The molecule has 3 aromatic rings. The van der Waals surface area contributed by atoms with Gasteiger partial charge in [0.1, 0.15) is 17.7 Å². The predicted octanol–water partition coefficient (Wildman–Crippen LogP) is 6.48. The molecule has 1 aromatic heterocycles. The van der Waals surface area contributed by atoms with Gasteiger partial charge in [-0.05, 0) is 63.8 Å². The van der Waals surface area contributed by atoms with Crippen LogP contribution in [0.25, 0.3) is 10.9 Å². The van der Waals surface area contributed by atoms with Crippen LogP contribution in [0, 0.1) is 6.92 Å².